The lowest BCUT2D eigenvalue weighted by molar-refractivity contribution is -0.135. The van der Waals surface area contributed by atoms with Gasteiger partial charge in [0.1, 0.15) is 12.4 Å². The monoisotopic (exact) mass is 246 g/mol. The molecule has 0 radical (unpaired) electrons. The van der Waals surface area contributed by atoms with E-state index in [-0.39, 0.29) is 17.9 Å². The molecule has 0 aromatic heterocycles. The number of carbonyl (C=O) groups excluding carboxylic acids is 1. The van der Waals surface area contributed by atoms with Crippen LogP contribution in [0.2, 0.25) is 0 Å². The molecular weight excluding hydrogens is 228 g/mol. The summed E-state index contributed by atoms with van der Waals surface area (Å²) in [4.78, 5) is 14.2. The van der Waals surface area contributed by atoms with Crippen molar-refractivity contribution in [3.05, 3.63) is 29.8 Å². The average Bonchev–Trinajstić information content (AvgIpc) is 2.84. The second-order valence-electron chi connectivity index (χ2n) is 5.15. The Kier molecular flexibility index (Phi) is 2.96. The molecule has 96 valence electrons. The molecule has 2 N–H and O–H groups in total. The smallest absolute Gasteiger partial charge is 0.229 e. The number of fused-ring (bicyclic) bond motifs is 1. The van der Waals surface area contributed by atoms with Crippen LogP contribution < -0.4 is 10.5 Å². The van der Waals surface area contributed by atoms with E-state index in [1.165, 1.54) is 0 Å². The van der Waals surface area contributed by atoms with Gasteiger partial charge in [-0.2, -0.15) is 0 Å². The van der Waals surface area contributed by atoms with E-state index in [1.54, 1.807) is 0 Å². The number of likely N-dealkylation sites (tertiary alicyclic amines) is 1. The first-order valence-electron chi connectivity index (χ1n) is 6.49. The Morgan fingerprint density at radius 3 is 3.00 bits per heavy atom. The van der Waals surface area contributed by atoms with E-state index >= 15 is 0 Å². The molecule has 2 atom stereocenters. The van der Waals surface area contributed by atoms with Gasteiger partial charge in [0.05, 0.1) is 5.92 Å². The van der Waals surface area contributed by atoms with Gasteiger partial charge in [0.2, 0.25) is 5.91 Å². The summed E-state index contributed by atoms with van der Waals surface area (Å²) < 4.78 is 5.66. The van der Waals surface area contributed by atoms with Crippen LogP contribution in [0.25, 0.3) is 0 Å². The zero-order valence-corrected chi connectivity index (χ0v) is 10.3. The largest absolute Gasteiger partial charge is 0.492 e. The molecule has 1 aromatic carbocycles. The number of rotatable bonds is 1. The van der Waals surface area contributed by atoms with Crippen LogP contribution in [0.1, 0.15) is 12.0 Å². The molecule has 1 unspecified atom stereocenters. The summed E-state index contributed by atoms with van der Waals surface area (Å²) in [6, 6.07) is 8.08. The lowest BCUT2D eigenvalue weighted by Crippen LogP contribution is -2.40. The highest BCUT2D eigenvalue weighted by molar-refractivity contribution is 5.80. The molecule has 18 heavy (non-hydrogen) atoms. The molecule has 3 rings (SSSR count). The molecule has 0 spiro atoms. The minimum Gasteiger partial charge on any atom is -0.492 e. The molecule has 1 amide bonds. The van der Waals surface area contributed by atoms with Crippen LogP contribution in [0.4, 0.5) is 0 Å². The Morgan fingerprint density at radius 1 is 1.39 bits per heavy atom. The van der Waals surface area contributed by atoms with Gasteiger partial charge < -0.3 is 15.4 Å². The van der Waals surface area contributed by atoms with Gasteiger partial charge in [-0.15, -0.1) is 0 Å². The second kappa shape index (κ2) is 4.61. The van der Waals surface area contributed by atoms with Gasteiger partial charge in [-0.1, -0.05) is 18.2 Å². The molecule has 0 bridgehead atoms. The van der Waals surface area contributed by atoms with Crippen molar-refractivity contribution in [3.8, 4) is 5.75 Å². The third-order valence-corrected chi connectivity index (χ3v) is 3.76. The summed E-state index contributed by atoms with van der Waals surface area (Å²) in [5.41, 5.74) is 6.97. The molecule has 0 saturated carbocycles. The number of benzene rings is 1. The lowest BCUT2D eigenvalue weighted by Gasteiger charge is -2.28. The van der Waals surface area contributed by atoms with E-state index in [4.69, 9.17) is 10.5 Å². The van der Waals surface area contributed by atoms with Gasteiger partial charge >= 0.3 is 0 Å². The molecule has 1 saturated heterocycles. The van der Waals surface area contributed by atoms with Crippen molar-refractivity contribution in [3.63, 3.8) is 0 Å². The Hall–Kier alpha value is -1.55. The Bertz CT molecular complexity index is 461. The summed E-state index contributed by atoms with van der Waals surface area (Å²) in [6.45, 7) is 1.97. The summed E-state index contributed by atoms with van der Waals surface area (Å²) in [6.07, 6.45) is 1.69. The van der Waals surface area contributed by atoms with Gasteiger partial charge in [0, 0.05) is 19.1 Å². The first-order chi connectivity index (χ1) is 8.74. The normalized spacial score (nSPS) is 26.6. The predicted octanol–water partition coefficient (Wildman–Crippen LogP) is 0.797. The molecule has 4 heteroatoms. The van der Waals surface area contributed by atoms with E-state index in [0.29, 0.717) is 13.2 Å². The van der Waals surface area contributed by atoms with Crippen LogP contribution in [0, 0.1) is 5.92 Å². The third kappa shape index (κ3) is 2.08. The summed E-state index contributed by atoms with van der Waals surface area (Å²) in [5.74, 6) is 1.06. The fourth-order valence-corrected chi connectivity index (χ4v) is 2.73. The van der Waals surface area contributed by atoms with Gasteiger partial charge in [0.15, 0.2) is 0 Å². The Morgan fingerprint density at radius 2 is 2.22 bits per heavy atom. The van der Waals surface area contributed by atoms with Crippen molar-refractivity contribution in [2.45, 2.75) is 18.9 Å². The quantitative estimate of drug-likeness (QED) is 0.797. The van der Waals surface area contributed by atoms with E-state index in [0.717, 1.165) is 30.7 Å². The molecule has 2 aliphatic rings. The SMILES string of the molecule is N[C@H]1CCN(C(=O)C2COc3ccccc3C2)C1. The van der Waals surface area contributed by atoms with E-state index in [2.05, 4.69) is 0 Å². The van der Waals surface area contributed by atoms with Crippen LogP contribution in [-0.4, -0.2) is 36.5 Å². The molecule has 1 fully saturated rings. The molecule has 1 aromatic rings. The van der Waals surface area contributed by atoms with Gasteiger partial charge in [-0.25, -0.2) is 0 Å². The fraction of sp³-hybridized carbons (Fsp3) is 0.500. The molecule has 2 heterocycles. The van der Waals surface area contributed by atoms with Gasteiger partial charge in [-0.3, -0.25) is 4.79 Å². The number of nitrogens with two attached hydrogens (primary N) is 1. The summed E-state index contributed by atoms with van der Waals surface area (Å²) >= 11 is 0. The zero-order chi connectivity index (χ0) is 12.5. The van der Waals surface area contributed by atoms with Crippen molar-refractivity contribution < 1.29 is 9.53 Å². The first-order valence-corrected chi connectivity index (χ1v) is 6.49. The van der Waals surface area contributed by atoms with E-state index in [1.807, 2.05) is 29.2 Å². The standard InChI is InChI=1S/C14H18N2O2/c15-12-5-6-16(8-12)14(17)11-7-10-3-1-2-4-13(10)18-9-11/h1-4,11-12H,5-9,15H2/t11?,12-/m0/s1. The van der Waals surface area contributed by atoms with Crippen molar-refractivity contribution in [1.82, 2.24) is 4.90 Å². The Labute approximate surface area is 107 Å². The minimum absolute atomic E-state index is 0.0507. The maximum absolute atomic E-state index is 12.3. The van der Waals surface area contributed by atoms with Crippen molar-refractivity contribution in [1.29, 1.82) is 0 Å². The van der Waals surface area contributed by atoms with Crippen LogP contribution in [0.5, 0.6) is 5.75 Å². The second-order valence-corrected chi connectivity index (χ2v) is 5.15. The number of carbonyl (C=O) groups is 1. The zero-order valence-electron chi connectivity index (χ0n) is 10.3. The number of amides is 1. The highest BCUT2D eigenvalue weighted by Crippen LogP contribution is 2.28. The van der Waals surface area contributed by atoms with Crippen molar-refractivity contribution in [2.75, 3.05) is 19.7 Å². The molecule has 4 nitrogen and oxygen atoms in total. The third-order valence-electron chi connectivity index (χ3n) is 3.76. The maximum Gasteiger partial charge on any atom is 0.229 e. The van der Waals surface area contributed by atoms with Crippen LogP contribution >= 0.6 is 0 Å². The number of hydrogen-bond donors (Lipinski definition) is 1. The number of nitrogens with zero attached hydrogens (tertiary/aromatic N) is 1. The van der Waals surface area contributed by atoms with Crippen LogP contribution in [0.15, 0.2) is 24.3 Å². The van der Waals surface area contributed by atoms with Crippen molar-refractivity contribution in [2.24, 2.45) is 11.7 Å². The topological polar surface area (TPSA) is 55.6 Å². The van der Waals surface area contributed by atoms with Crippen LogP contribution in [0.3, 0.4) is 0 Å². The molecule has 2 aliphatic heterocycles. The van der Waals surface area contributed by atoms with Crippen LogP contribution in [-0.2, 0) is 11.2 Å². The number of ether oxygens (including phenoxy) is 1. The Balaban J connectivity index is 1.70. The lowest BCUT2D eigenvalue weighted by atomic mass is 9.95. The average molecular weight is 246 g/mol. The minimum atomic E-state index is -0.0507. The highest BCUT2D eigenvalue weighted by atomic mass is 16.5. The highest BCUT2D eigenvalue weighted by Gasteiger charge is 2.32. The van der Waals surface area contributed by atoms with E-state index < -0.39 is 0 Å². The predicted molar refractivity (Wildman–Crippen MR) is 68.3 cm³/mol. The number of hydrogen-bond acceptors (Lipinski definition) is 3. The van der Waals surface area contributed by atoms with Gasteiger partial charge in [0.25, 0.3) is 0 Å². The van der Waals surface area contributed by atoms with Gasteiger partial charge in [-0.05, 0) is 24.5 Å². The molecule has 0 aliphatic carbocycles. The van der Waals surface area contributed by atoms with E-state index in [9.17, 15) is 4.79 Å². The molecular formula is C14H18N2O2. The summed E-state index contributed by atoms with van der Waals surface area (Å²) in [5, 5.41) is 0. The van der Waals surface area contributed by atoms with Crippen molar-refractivity contribution >= 4 is 5.91 Å². The fourth-order valence-electron chi connectivity index (χ4n) is 2.73. The maximum atomic E-state index is 12.3. The number of para-hydroxylation sites is 1. The first kappa shape index (κ1) is 11.5. The summed E-state index contributed by atoms with van der Waals surface area (Å²) in [7, 11) is 0.